The number of hydrogen-bond acceptors (Lipinski definition) is 5. The molecule has 0 saturated carbocycles. The number of carbonyl (C=O) groups is 1. The molecule has 0 spiro atoms. The lowest BCUT2D eigenvalue weighted by atomic mass is 10.3. The third kappa shape index (κ3) is 3.14. The van der Waals surface area contributed by atoms with E-state index in [0.717, 1.165) is 5.56 Å². The van der Waals surface area contributed by atoms with Gasteiger partial charge in [-0.05, 0) is 0 Å². The van der Waals surface area contributed by atoms with Crippen molar-refractivity contribution in [3.05, 3.63) is 29.8 Å². The lowest BCUT2D eigenvalue weighted by Gasteiger charge is -1.98. The minimum absolute atomic E-state index is 0.0240. The number of nitrogens with two attached hydrogens (primary N) is 1. The molecule has 3 N–H and O–H groups in total. The second-order valence-electron chi connectivity index (χ2n) is 3.91. The van der Waals surface area contributed by atoms with Crippen LogP contribution in [0.25, 0.3) is 0 Å². The summed E-state index contributed by atoms with van der Waals surface area (Å²) in [5.74, 6) is -0.211. The van der Waals surface area contributed by atoms with E-state index in [-0.39, 0.29) is 12.5 Å². The molecule has 0 aliphatic heterocycles. The minimum Gasteiger partial charge on any atom is -0.349 e. The summed E-state index contributed by atoms with van der Waals surface area (Å²) >= 11 is 0. The Morgan fingerprint density at radius 2 is 2.33 bits per heavy atom. The van der Waals surface area contributed by atoms with E-state index in [1.165, 1.54) is 0 Å². The van der Waals surface area contributed by atoms with Gasteiger partial charge in [-0.2, -0.15) is 5.10 Å². The van der Waals surface area contributed by atoms with Crippen LogP contribution in [0.15, 0.2) is 18.6 Å². The van der Waals surface area contributed by atoms with Gasteiger partial charge in [-0.3, -0.25) is 9.48 Å². The summed E-state index contributed by atoms with van der Waals surface area (Å²) in [6.45, 7) is 0.915. The van der Waals surface area contributed by atoms with Crippen molar-refractivity contribution >= 4 is 5.91 Å². The van der Waals surface area contributed by atoms with Gasteiger partial charge in [-0.15, -0.1) is 5.10 Å². The summed E-state index contributed by atoms with van der Waals surface area (Å²) in [6, 6.07) is 0. The van der Waals surface area contributed by atoms with E-state index in [1.807, 2.05) is 13.2 Å². The molecule has 0 unspecified atom stereocenters. The van der Waals surface area contributed by atoms with Gasteiger partial charge < -0.3 is 11.1 Å². The van der Waals surface area contributed by atoms with E-state index in [4.69, 9.17) is 5.73 Å². The number of hydrogen-bond donors (Lipinski definition) is 2. The summed E-state index contributed by atoms with van der Waals surface area (Å²) in [5, 5.41) is 14.6. The maximum atomic E-state index is 11.0. The third-order valence-electron chi connectivity index (χ3n) is 2.34. The van der Waals surface area contributed by atoms with Crippen LogP contribution in [0.1, 0.15) is 11.3 Å². The zero-order chi connectivity index (χ0) is 13.0. The molecule has 0 fully saturated rings. The predicted molar refractivity (Wildman–Crippen MR) is 63.2 cm³/mol. The second-order valence-corrected chi connectivity index (χ2v) is 3.91. The van der Waals surface area contributed by atoms with E-state index in [2.05, 4.69) is 20.7 Å². The molecule has 2 aromatic rings. The van der Waals surface area contributed by atoms with Crippen molar-refractivity contribution in [2.45, 2.75) is 13.1 Å². The third-order valence-corrected chi connectivity index (χ3v) is 2.34. The average molecular weight is 249 g/mol. The van der Waals surface area contributed by atoms with Crippen LogP contribution in [0, 0.1) is 0 Å². The van der Waals surface area contributed by atoms with Crippen molar-refractivity contribution in [2.24, 2.45) is 12.8 Å². The zero-order valence-corrected chi connectivity index (χ0v) is 10.1. The molecule has 96 valence electrons. The van der Waals surface area contributed by atoms with Gasteiger partial charge >= 0.3 is 0 Å². The molecular formula is C10H15N7O. The van der Waals surface area contributed by atoms with Crippen molar-refractivity contribution in [3.63, 3.8) is 0 Å². The average Bonchev–Trinajstić information content (AvgIpc) is 2.96. The molecule has 0 aliphatic rings. The van der Waals surface area contributed by atoms with Crippen LogP contribution >= 0.6 is 0 Å². The molecule has 0 saturated heterocycles. The fourth-order valence-electron chi connectivity index (χ4n) is 1.50. The van der Waals surface area contributed by atoms with Gasteiger partial charge in [0.1, 0.15) is 5.69 Å². The van der Waals surface area contributed by atoms with E-state index in [9.17, 15) is 4.79 Å². The molecule has 18 heavy (non-hydrogen) atoms. The van der Waals surface area contributed by atoms with Crippen molar-refractivity contribution in [1.29, 1.82) is 0 Å². The molecular weight excluding hydrogens is 234 g/mol. The Morgan fingerprint density at radius 3 is 3.00 bits per heavy atom. The molecule has 0 atom stereocenters. The number of nitrogens with zero attached hydrogens (tertiary/aromatic N) is 5. The van der Waals surface area contributed by atoms with Crippen molar-refractivity contribution in [2.75, 3.05) is 6.54 Å². The number of amides is 1. The van der Waals surface area contributed by atoms with Crippen LogP contribution in [0.2, 0.25) is 0 Å². The highest BCUT2D eigenvalue weighted by Gasteiger charge is 2.04. The molecule has 0 radical (unpaired) electrons. The first-order valence-corrected chi connectivity index (χ1v) is 5.50. The molecule has 8 nitrogen and oxygen atoms in total. The predicted octanol–water partition coefficient (Wildman–Crippen LogP) is -1.37. The standard InChI is InChI=1S/C10H15N7O/c1-16-5-8(3-13-16)6-17-7-9(14-15-17)4-12-10(18)2-11/h3,5,7H,2,4,6,11H2,1H3,(H,12,18). The fraction of sp³-hybridized carbons (Fsp3) is 0.400. The second kappa shape index (κ2) is 5.41. The molecule has 0 aromatic carbocycles. The first-order valence-electron chi connectivity index (χ1n) is 5.50. The van der Waals surface area contributed by atoms with Crippen LogP contribution in [-0.2, 0) is 24.9 Å². The maximum absolute atomic E-state index is 11.0. The van der Waals surface area contributed by atoms with Crippen LogP contribution < -0.4 is 11.1 Å². The summed E-state index contributed by atoms with van der Waals surface area (Å²) in [5.41, 5.74) is 6.92. The van der Waals surface area contributed by atoms with Gasteiger partial charge in [0.25, 0.3) is 0 Å². The smallest absolute Gasteiger partial charge is 0.234 e. The van der Waals surface area contributed by atoms with Gasteiger partial charge in [0.2, 0.25) is 5.91 Å². The zero-order valence-electron chi connectivity index (χ0n) is 10.1. The lowest BCUT2D eigenvalue weighted by Crippen LogP contribution is -2.29. The van der Waals surface area contributed by atoms with Crippen LogP contribution in [0.5, 0.6) is 0 Å². The van der Waals surface area contributed by atoms with Crippen molar-refractivity contribution in [3.8, 4) is 0 Å². The Hall–Kier alpha value is -2.22. The highest BCUT2D eigenvalue weighted by molar-refractivity contribution is 5.77. The monoisotopic (exact) mass is 249 g/mol. The Kier molecular flexibility index (Phi) is 3.68. The fourth-order valence-corrected chi connectivity index (χ4v) is 1.50. The highest BCUT2D eigenvalue weighted by atomic mass is 16.1. The number of nitrogens with one attached hydrogen (secondary N) is 1. The first-order chi connectivity index (χ1) is 8.67. The molecule has 2 rings (SSSR count). The molecule has 2 heterocycles. The maximum Gasteiger partial charge on any atom is 0.234 e. The van der Waals surface area contributed by atoms with Gasteiger partial charge in [0.15, 0.2) is 0 Å². The highest BCUT2D eigenvalue weighted by Crippen LogP contribution is 2.00. The van der Waals surface area contributed by atoms with Crippen LogP contribution in [-0.4, -0.2) is 37.2 Å². The van der Waals surface area contributed by atoms with E-state index in [1.54, 1.807) is 21.8 Å². The SMILES string of the molecule is Cn1cc(Cn2cc(CNC(=O)CN)nn2)cn1. The Labute approximate surface area is 104 Å². The molecule has 2 aromatic heterocycles. The topological polar surface area (TPSA) is 104 Å². The van der Waals surface area contributed by atoms with E-state index >= 15 is 0 Å². The minimum atomic E-state index is -0.211. The molecule has 0 bridgehead atoms. The van der Waals surface area contributed by atoms with E-state index < -0.39 is 0 Å². The summed E-state index contributed by atoms with van der Waals surface area (Å²) in [6.07, 6.45) is 5.47. The van der Waals surface area contributed by atoms with Crippen molar-refractivity contribution < 1.29 is 4.79 Å². The largest absolute Gasteiger partial charge is 0.349 e. The number of rotatable bonds is 5. The van der Waals surface area contributed by atoms with Crippen LogP contribution in [0.3, 0.4) is 0 Å². The number of carbonyl (C=O) groups excluding carboxylic acids is 1. The Morgan fingerprint density at radius 1 is 1.50 bits per heavy atom. The molecule has 0 aliphatic carbocycles. The van der Waals surface area contributed by atoms with Gasteiger partial charge in [-0.25, -0.2) is 4.68 Å². The number of aromatic nitrogens is 5. The summed E-state index contributed by atoms with van der Waals surface area (Å²) < 4.78 is 3.43. The summed E-state index contributed by atoms with van der Waals surface area (Å²) in [4.78, 5) is 11.0. The van der Waals surface area contributed by atoms with Gasteiger partial charge in [0.05, 0.1) is 32.0 Å². The molecule has 8 heteroatoms. The normalized spacial score (nSPS) is 10.6. The Bertz CT molecular complexity index is 530. The lowest BCUT2D eigenvalue weighted by molar-refractivity contribution is -0.119. The van der Waals surface area contributed by atoms with Crippen molar-refractivity contribution in [1.82, 2.24) is 30.1 Å². The van der Waals surface area contributed by atoms with E-state index in [0.29, 0.717) is 18.8 Å². The Balaban J connectivity index is 1.91. The number of aryl methyl sites for hydroxylation is 1. The first kappa shape index (κ1) is 12.2. The summed E-state index contributed by atoms with van der Waals surface area (Å²) in [7, 11) is 1.86. The quantitative estimate of drug-likeness (QED) is 0.680. The van der Waals surface area contributed by atoms with Crippen LogP contribution in [0.4, 0.5) is 0 Å². The van der Waals surface area contributed by atoms with Gasteiger partial charge in [0, 0.05) is 18.8 Å². The molecule has 1 amide bonds. The van der Waals surface area contributed by atoms with Gasteiger partial charge in [-0.1, -0.05) is 5.21 Å².